The van der Waals surface area contributed by atoms with Crippen molar-refractivity contribution < 1.29 is 27.4 Å². The molecular formula is C21H18F3N7O3. The number of hydrogen-bond donors (Lipinski definition) is 2. The summed E-state index contributed by atoms with van der Waals surface area (Å²) in [5.74, 6) is 0.0849. The van der Waals surface area contributed by atoms with E-state index in [0.29, 0.717) is 47.2 Å². The van der Waals surface area contributed by atoms with E-state index in [2.05, 4.69) is 20.4 Å². The standard InChI is InChI=1S/C21H18F3N7O3/c1-33-15-6-11(31-14-9-34-8-12(14)18-19(31)20(25)27-10-26-18)2-3-13(15)28-17(32)7-30-5-4-16(29-30)21(22,23)24/h2-6,10H,7-9H2,1H3,(H,28,32)(H2,25,26,27). The van der Waals surface area contributed by atoms with Crippen LogP contribution in [0, 0.1) is 0 Å². The molecule has 4 aromatic rings. The Hall–Kier alpha value is -4.13. The first-order valence-electron chi connectivity index (χ1n) is 10.1. The van der Waals surface area contributed by atoms with E-state index in [1.807, 2.05) is 4.57 Å². The zero-order chi connectivity index (χ0) is 24.0. The molecule has 3 N–H and O–H groups in total. The molecule has 1 aromatic carbocycles. The molecule has 0 aliphatic carbocycles. The Labute approximate surface area is 190 Å². The Morgan fingerprint density at radius 2 is 2.09 bits per heavy atom. The summed E-state index contributed by atoms with van der Waals surface area (Å²) >= 11 is 0. The van der Waals surface area contributed by atoms with Crippen LogP contribution < -0.4 is 15.8 Å². The molecule has 0 unspecified atom stereocenters. The number of aromatic nitrogens is 5. The first-order valence-corrected chi connectivity index (χ1v) is 10.1. The second-order valence-corrected chi connectivity index (χ2v) is 7.54. The number of carbonyl (C=O) groups is 1. The van der Waals surface area contributed by atoms with Gasteiger partial charge in [0.2, 0.25) is 5.91 Å². The lowest BCUT2D eigenvalue weighted by molar-refractivity contribution is -0.141. The SMILES string of the molecule is COc1cc(-n2c3c(c4ncnc(N)c42)COC3)ccc1NC(=O)Cn1ccc(C(F)(F)F)n1. The molecule has 0 fully saturated rings. The number of nitrogens with two attached hydrogens (primary N) is 1. The van der Waals surface area contributed by atoms with Crippen molar-refractivity contribution in [2.24, 2.45) is 0 Å². The number of methoxy groups -OCH3 is 1. The Bertz CT molecular complexity index is 1410. The third kappa shape index (κ3) is 3.69. The summed E-state index contributed by atoms with van der Waals surface area (Å²) in [7, 11) is 1.44. The summed E-state index contributed by atoms with van der Waals surface area (Å²) in [4.78, 5) is 20.9. The third-order valence-corrected chi connectivity index (χ3v) is 5.42. The van der Waals surface area contributed by atoms with Crippen LogP contribution in [0.15, 0.2) is 36.8 Å². The van der Waals surface area contributed by atoms with Crippen molar-refractivity contribution in [3.05, 3.63) is 53.7 Å². The van der Waals surface area contributed by atoms with Crippen LogP contribution in [0.5, 0.6) is 5.75 Å². The summed E-state index contributed by atoms with van der Waals surface area (Å²) in [6.45, 7) is 0.377. The lowest BCUT2D eigenvalue weighted by Gasteiger charge is -2.15. The number of hydrogen-bond acceptors (Lipinski definition) is 7. The van der Waals surface area contributed by atoms with Crippen molar-refractivity contribution in [3.8, 4) is 11.4 Å². The molecule has 0 saturated carbocycles. The van der Waals surface area contributed by atoms with E-state index >= 15 is 0 Å². The van der Waals surface area contributed by atoms with Gasteiger partial charge in [-0.15, -0.1) is 0 Å². The first kappa shape index (κ1) is 21.7. The molecule has 4 heterocycles. The maximum Gasteiger partial charge on any atom is 0.435 e. The number of nitrogens with one attached hydrogen (secondary N) is 1. The number of benzene rings is 1. The summed E-state index contributed by atoms with van der Waals surface area (Å²) in [5.41, 5.74) is 9.27. The van der Waals surface area contributed by atoms with Gasteiger partial charge in [0.1, 0.15) is 29.7 Å². The van der Waals surface area contributed by atoms with Crippen molar-refractivity contribution in [3.63, 3.8) is 0 Å². The molecule has 3 aromatic heterocycles. The molecule has 13 heteroatoms. The predicted octanol–water partition coefficient (Wildman–Crippen LogP) is 2.90. The largest absolute Gasteiger partial charge is 0.494 e. The average molecular weight is 473 g/mol. The van der Waals surface area contributed by atoms with Crippen LogP contribution in [0.4, 0.5) is 24.7 Å². The minimum Gasteiger partial charge on any atom is -0.494 e. The monoisotopic (exact) mass is 473 g/mol. The van der Waals surface area contributed by atoms with E-state index in [4.69, 9.17) is 15.2 Å². The minimum absolute atomic E-state index is 0.313. The van der Waals surface area contributed by atoms with Crippen LogP contribution in [-0.4, -0.2) is 37.3 Å². The predicted molar refractivity (Wildman–Crippen MR) is 114 cm³/mol. The minimum atomic E-state index is -4.58. The fourth-order valence-electron chi connectivity index (χ4n) is 3.94. The quantitative estimate of drug-likeness (QED) is 0.457. The fourth-order valence-corrected chi connectivity index (χ4v) is 3.94. The Balaban J connectivity index is 1.44. The summed E-state index contributed by atoms with van der Waals surface area (Å²) in [5, 5.41) is 6.03. The fraction of sp³-hybridized carbons (Fsp3) is 0.238. The number of nitrogen functional groups attached to an aromatic ring is 1. The highest BCUT2D eigenvalue weighted by molar-refractivity contribution is 5.93. The van der Waals surface area contributed by atoms with Crippen LogP contribution in [-0.2, 0) is 35.5 Å². The van der Waals surface area contributed by atoms with E-state index in [1.165, 1.54) is 13.4 Å². The van der Waals surface area contributed by atoms with Crippen LogP contribution in [0.25, 0.3) is 16.7 Å². The van der Waals surface area contributed by atoms with Gasteiger partial charge in [-0.3, -0.25) is 9.48 Å². The number of ether oxygens (including phenoxy) is 2. The number of carbonyl (C=O) groups excluding carboxylic acids is 1. The molecular weight excluding hydrogens is 455 g/mol. The van der Waals surface area contributed by atoms with E-state index in [9.17, 15) is 18.0 Å². The summed E-state index contributed by atoms with van der Waals surface area (Å²) < 4.78 is 52.0. The van der Waals surface area contributed by atoms with Gasteiger partial charge in [0.05, 0.1) is 31.7 Å². The summed E-state index contributed by atoms with van der Waals surface area (Å²) in [6.07, 6.45) is -2.09. The highest BCUT2D eigenvalue weighted by Crippen LogP contribution is 2.37. The van der Waals surface area contributed by atoms with E-state index in [1.54, 1.807) is 18.2 Å². The van der Waals surface area contributed by atoms with Crippen LogP contribution in [0.1, 0.15) is 17.0 Å². The highest BCUT2D eigenvalue weighted by Gasteiger charge is 2.33. The molecule has 0 spiro atoms. The summed E-state index contributed by atoms with van der Waals surface area (Å²) in [6, 6.07) is 5.89. The number of fused-ring (bicyclic) bond motifs is 3. The van der Waals surface area contributed by atoms with E-state index in [0.717, 1.165) is 28.2 Å². The number of rotatable bonds is 5. The van der Waals surface area contributed by atoms with Gasteiger partial charge < -0.3 is 25.1 Å². The smallest absolute Gasteiger partial charge is 0.435 e. The molecule has 1 aliphatic rings. The lowest BCUT2D eigenvalue weighted by Crippen LogP contribution is -2.20. The highest BCUT2D eigenvalue weighted by atomic mass is 19.4. The van der Waals surface area contributed by atoms with Gasteiger partial charge in [-0.05, 0) is 18.2 Å². The van der Waals surface area contributed by atoms with Gasteiger partial charge in [0.25, 0.3) is 0 Å². The molecule has 10 nitrogen and oxygen atoms in total. The zero-order valence-electron chi connectivity index (χ0n) is 17.8. The second kappa shape index (κ2) is 8.02. The van der Waals surface area contributed by atoms with Gasteiger partial charge >= 0.3 is 6.18 Å². The van der Waals surface area contributed by atoms with Crippen LogP contribution >= 0.6 is 0 Å². The topological polar surface area (TPSA) is 122 Å². The van der Waals surface area contributed by atoms with Crippen molar-refractivity contribution in [1.82, 2.24) is 24.3 Å². The molecule has 1 amide bonds. The van der Waals surface area contributed by atoms with Crippen LogP contribution in [0.2, 0.25) is 0 Å². The van der Waals surface area contributed by atoms with Crippen LogP contribution in [0.3, 0.4) is 0 Å². The number of anilines is 2. The van der Waals surface area contributed by atoms with Gasteiger partial charge in [-0.1, -0.05) is 0 Å². The average Bonchev–Trinajstić information content (AvgIpc) is 3.50. The molecule has 1 aliphatic heterocycles. The molecule has 5 rings (SSSR count). The normalized spacial score (nSPS) is 13.3. The van der Waals surface area contributed by atoms with Crippen molar-refractivity contribution in [2.45, 2.75) is 25.9 Å². The maximum absolute atomic E-state index is 12.7. The molecule has 0 radical (unpaired) electrons. The lowest BCUT2D eigenvalue weighted by atomic mass is 10.2. The Morgan fingerprint density at radius 1 is 1.26 bits per heavy atom. The van der Waals surface area contributed by atoms with Gasteiger partial charge in [-0.25, -0.2) is 9.97 Å². The molecule has 0 atom stereocenters. The third-order valence-electron chi connectivity index (χ3n) is 5.42. The van der Waals surface area contributed by atoms with E-state index < -0.39 is 24.3 Å². The van der Waals surface area contributed by atoms with Gasteiger partial charge in [-0.2, -0.15) is 18.3 Å². The van der Waals surface area contributed by atoms with Crippen molar-refractivity contribution >= 4 is 28.4 Å². The number of halogens is 3. The molecule has 34 heavy (non-hydrogen) atoms. The van der Waals surface area contributed by atoms with Gasteiger partial charge in [0.15, 0.2) is 11.5 Å². The Morgan fingerprint density at radius 3 is 2.82 bits per heavy atom. The second-order valence-electron chi connectivity index (χ2n) is 7.54. The molecule has 0 saturated heterocycles. The number of nitrogens with zero attached hydrogens (tertiary/aromatic N) is 5. The number of alkyl halides is 3. The molecule has 176 valence electrons. The van der Waals surface area contributed by atoms with E-state index in [-0.39, 0.29) is 0 Å². The van der Waals surface area contributed by atoms with Crippen molar-refractivity contribution in [2.75, 3.05) is 18.2 Å². The maximum atomic E-state index is 12.7. The van der Waals surface area contributed by atoms with Crippen molar-refractivity contribution in [1.29, 1.82) is 0 Å². The molecule has 0 bridgehead atoms. The first-order chi connectivity index (χ1) is 16.3. The van der Waals surface area contributed by atoms with Gasteiger partial charge in [0, 0.05) is 23.5 Å². The Kier molecular flexibility index (Phi) is 5.12. The number of amides is 1. The zero-order valence-corrected chi connectivity index (χ0v) is 17.8.